The van der Waals surface area contributed by atoms with Gasteiger partial charge >= 0.3 is 0 Å². The molecule has 2 nitrogen and oxygen atoms in total. The van der Waals surface area contributed by atoms with Gasteiger partial charge in [-0.2, -0.15) is 0 Å². The fourth-order valence-electron chi connectivity index (χ4n) is 2.52. The third-order valence-corrected chi connectivity index (χ3v) is 3.50. The van der Waals surface area contributed by atoms with Crippen LogP contribution in [-0.2, 0) is 4.74 Å². The molecule has 0 aliphatic rings. The van der Waals surface area contributed by atoms with E-state index in [-0.39, 0.29) is 0 Å². The molecule has 3 aromatic rings. The Morgan fingerprint density at radius 2 is 1.65 bits per heavy atom. The van der Waals surface area contributed by atoms with Crippen LogP contribution in [0.4, 0.5) is 0 Å². The minimum absolute atomic E-state index is 0.563. The second kappa shape index (κ2) is 5.51. The molecule has 0 amide bonds. The minimum Gasteiger partial charge on any atom is -0.490 e. The largest absolute Gasteiger partial charge is 0.490 e. The van der Waals surface area contributed by atoms with Gasteiger partial charge in [-0.25, -0.2) is 0 Å². The standard InChI is InChI=1S/C18H18O2/c1-13-7-8-15-12-14-5-3-4-6-16(14)18(17(15)11-13)20-10-9-19-2/h3-8,11-12H,9-10H2,1-2H3. The summed E-state index contributed by atoms with van der Waals surface area (Å²) in [6, 6.07) is 17.0. The Balaban J connectivity index is 2.24. The van der Waals surface area contributed by atoms with Crippen LogP contribution in [0.25, 0.3) is 21.5 Å². The monoisotopic (exact) mass is 266 g/mol. The van der Waals surface area contributed by atoms with E-state index in [1.54, 1.807) is 7.11 Å². The van der Waals surface area contributed by atoms with Crippen molar-refractivity contribution in [3.63, 3.8) is 0 Å². The van der Waals surface area contributed by atoms with E-state index in [4.69, 9.17) is 9.47 Å². The number of hydrogen-bond acceptors (Lipinski definition) is 2. The maximum Gasteiger partial charge on any atom is 0.135 e. The van der Waals surface area contributed by atoms with E-state index in [9.17, 15) is 0 Å². The van der Waals surface area contributed by atoms with Gasteiger partial charge in [-0.1, -0.05) is 42.0 Å². The van der Waals surface area contributed by atoms with Gasteiger partial charge in [0.15, 0.2) is 0 Å². The van der Waals surface area contributed by atoms with Crippen LogP contribution in [0, 0.1) is 6.92 Å². The van der Waals surface area contributed by atoms with E-state index >= 15 is 0 Å². The average Bonchev–Trinajstić information content (AvgIpc) is 2.47. The first-order valence-electron chi connectivity index (χ1n) is 6.83. The molecular formula is C18H18O2. The van der Waals surface area contributed by atoms with E-state index in [0.29, 0.717) is 13.2 Å². The zero-order chi connectivity index (χ0) is 13.9. The molecule has 0 heterocycles. The van der Waals surface area contributed by atoms with E-state index in [0.717, 1.165) is 11.1 Å². The lowest BCUT2D eigenvalue weighted by molar-refractivity contribution is 0.148. The second-order valence-corrected chi connectivity index (χ2v) is 4.99. The number of aryl methyl sites for hydroxylation is 1. The maximum absolute atomic E-state index is 6.00. The first-order valence-corrected chi connectivity index (χ1v) is 6.83. The zero-order valence-electron chi connectivity index (χ0n) is 11.8. The molecule has 102 valence electrons. The fourth-order valence-corrected chi connectivity index (χ4v) is 2.52. The second-order valence-electron chi connectivity index (χ2n) is 4.99. The van der Waals surface area contributed by atoms with Crippen molar-refractivity contribution in [3.8, 4) is 5.75 Å². The van der Waals surface area contributed by atoms with Crippen LogP contribution in [0.1, 0.15) is 5.56 Å². The van der Waals surface area contributed by atoms with Gasteiger partial charge in [0, 0.05) is 17.9 Å². The highest BCUT2D eigenvalue weighted by Gasteiger charge is 2.08. The highest BCUT2D eigenvalue weighted by Crippen LogP contribution is 2.35. The fraction of sp³-hybridized carbons (Fsp3) is 0.222. The lowest BCUT2D eigenvalue weighted by Gasteiger charge is -2.13. The van der Waals surface area contributed by atoms with Crippen molar-refractivity contribution in [2.24, 2.45) is 0 Å². The molecule has 0 aromatic heterocycles. The molecule has 0 N–H and O–H groups in total. The Labute approximate surface area is 118 Å². The van der Waals surface area contributed by atoms with Crippen LogP contribution < -0.4 is 4.74 Å². The van der Waals surface area contributed by atoms with Crippen molar-refractivity contribution in [1.29, 1.82) is 0 Å². The van der Waals surface area contributed by atoms with Crippen LogP contribution in [0.3, 0.4) is 0 Å². The van der Waals surface area contributed by atoms with Crippen LogP contribution in [0.5, 0.6) is 5.75 Å². The van der Waals surface area contributed by atoms with E-state index in [2.05, 4.69) is 49.4 Å². The molecule has 0 atom stereocenters. The molecule has 0 aliphatic heterocycles. The summed E-state index contributed by atoms with van der Waals surface area (Å²) in [5, 5.41) is 4.74. The molecular weight excluding hydrogens is 248 g/mol. The molecule has 0 spiro atoms. The summed E-state index contributed by atoms with van der Waals surface area (Å²) in [5.41, 5.74) is 1.24. The molecule has 0 saturated heterocycles. The lowest BCUT2D eigenvalue weighted by atomic mass is 10.0. The molecule has 0 fully saturated rings. The van der Waals surface area contributed by atoms with E-state index < -0.39 is 0 Å². The van der Waals surface area contributed by atoms with Gasteiger partial charge in [-0.05, 0) is 29.8 Å². The first-order chi connectivity index (χ1) is 9.79. The quantitative estimate of drug-likeness (QED) is 0.517. The van der Waals surface area contributed by atoms with Crippen molar-refractivity contribution < 1.29 is 9.47 Å². The zero-order valence-corrected chi connectivity index (χ0v) is 11.8. The molecule has 0 bridgehead atoms. The van der Waals surface area contributed by atoms with Crippen molar-refractivity contribution in [1.82, 2.24) is 0 Å². The van der Waals surface area contributed by atoms with Gasteiger partial charge in [-0.15, -0.1) is 0 Å². The predicted molar refractivity (Wildman–Crippen MR) is 83.6 cm³/mol. The Morgan fingerprint density at radius 3 is 2.50 bits per heavy atom. The third kappa shape index (κ3) is 2.35. The van der Waals surface area contributed by atoms with Crippen LogP contribution in [-0.4, -0.2) is 20.3 Å². The Hall–Kier alpha value is -2.06. The van der Waals surface area contributed by atoms with Gasteiger partial charge in [0.1, 0.15) is 12.4 Å². The van der Waals surface area contributed by atoms with Gasteiger partial charge in [0.2, 0.25) is 0 Å². The van der Waals surface area contributed by atoms with Crippen molar-refractivity contribution >= 4 is 21.5 Å². The normalized spacial score (nSPS) is 11.1. The third-order valence-electron chi connectivity index (χ3n) is 3.50. The van der Waals surface area contributed by atoms with E-state index in [1.807, 2.05) is 6.07 Å². The summed E-state index contributed by atoms with van der Waals surface area (Å²) in [6.45, 7) is 3.26. The number of rotatable bonds is 4. The molecule has 3 aromatic carbocycles. The van der Waals surface area contributed by atoms with Gasteiger partial charge in [0.25, 0.3) is 0 Å². The Morgan fingerprint density at radius 1 is 0.850 bits per heavy atom. The van der Waals surface area contributed by atoms with Gasteiger partial charge in [-0.3, -0.25) is 0 Å². The number of hydrogen-bond donors (Lipinski definition) is 0. The smallest absolute Gasteiger partial charge is 0.135 e. The maximum atomic E-state index is 6.00. The van der Waals surface area contributed by atoms with Crippen LogP contribution in [0.15, 0.2) is 48.5 Å². The predicted octanol–water partition coefficient (Wildman–Crippen LogP) is 4.33. The summed E-state index contributed by atoms with van der Waals surface area (Å²) >= 11 is 0. The molecule has 0 saturated carbocycles. The average molecular weight is 266 g/mol. The van der Waals surface area contributed by atoms with E-state index in [1.165, 1.54) is 21.7 Å². The van der Waals surface area contributed by atoms with Gasteiger partial charge < -0.3 is 9.47 Å². The van der Waals surface area contributed by atoms with Crippen LogP contribution >= 0.6 is 0 Å². The van der Waals surface area contributed by atoms with Crippen molar-refractivity contribution in [2.45, 2.75) is 6.92 Å². The summed E-state index contributed by atoms with van der Waals surface area (Å²) in [5.74, 6) is 0.957. The Kier molecular flexibility index (Phi) is 3.57. The summed E-state index contributed by atoms with van der Waals surface area (Å²) in [4.78, 5) is 0. The molecule has 0 unspecified atom stereocenters. The number of methoxy groups -OCH3 is 1. The molecule has 0 aliphatic carbocycles. The first kappa shape index (κ1) is 12.9. The highest BCUT2D eigenvalue weighted by atomic mass is 16.5. The SMILES string of the molecule is COCCOc1c2ccccc2cc2ccc(C)cc12. The van der Waals surface area contributed by atoms with Crippen molar-refractivity contribution in [3.05, 3.63) is 54.1 Å². The van der Waals surface area contributed by atoms with Crippen molar-refractivity contribution in [2.75, 3.05) is 20.3 Å². The highest BCUT2D eigenvalue weighted by molar-refractivity contribution is 6.05. The minimum atomic E-state index is 0.563. The Bertz CT molecular complexity index is 747. The molecule has 3 rings (SSSR count). The lowest BCUT2D eigenvalue weighted by Crippen LogP contribution is -2.05. The molecule has 20 heavy (non-hydrogen) atoms. The van der Waals surface area contributed by atoms with Crippen LogP contribution in [0.2, 0.25) is 0 Å². The van der Waals surface area contributed by atoms with Gasteiger partial charge in [0.05, 0.1) is 6.61 Å². The summed E-state index contributed by atoms with van der Waals surface area (Å²) in [6.07, 6.45) is 0. The molecule has 0 radical (unpaired) electrons. The molecule has 2 heteroatoms. The summed E-state index contributed by atoms with van der Waals surface area (Å²) in [7, 11) is 1.69. The number of benzene rings is 3. The number of fused-ring (bicyclic) bond motifs is 2. The summed E-state index contributed by atoms with van der Waals surface area (Å²) < 4.78 is 11.1. The topological polar surface area (TPSA) is 18.5 Å². The number of ether oxygens (including phenoxy) is 2.